The van der Waals surface area contributed by atoms with E-state index in [-0.39, 0.29) is 0 Å². The van der Waals surface area contributed by atoms with Gasteiger partial charge in [0.25, 0.3) is 0 Å². The highest BCUT2D eigenvalue weighted by atomic mass is 14.0. The van der Waals surface area contributed by atoms with Crippen LogP contribution in [0.15, 0.2) is 258 Å². The van der Waals surface area contributed by atoms with Gasteiger partial charge in [0, 0.05) is 0 Å². The minimum atomic E-state index is 1.09. The molecule has 0 spiro atoms. The van der Waals surface area contributed by atoms with E-state index in [1.54, 1.807) is 12.2 Å². The van der Waals surface area contributed by atoms with E-state index in [0.717, 1.165) is 12.8 Å². The predicted octanol–water partition coefficient (Wildman–Crippen LogP) is 21.9. The fourth-order valence-electron chi connectivity index (χ4n) is 6.78. The zero-order valence-electron chi connectivity index (χ0n) is 46.9. The van der Waals surface area contributed by atoms with Gasteiger partial charge in [0.2, 0.25) is 0 Å². The summed E-state index contributed by atoms with van der Waals surface area (Å²) in [5, 5.41) is 0. The summed E-state index contributed by atoms with van der Waals surface area (Å²) < 4.78 is 0. The van der Waals surface area contributed by atoms with Crippen LogP contribution in [0.3, 0.4) is 0 Å². The van der Waals surface area contributed by atoms with Crippen molar-refractivity contribution in [1.82, 2.24) is 0 Å². The van der Waals surface area contributed by atoms with Crippen LogP contribution in [0.25, 0.3) is 36.5 Å². The Kier molecular flexibility index (Phi) is 36.8. The predicted molar refractivity (Wildman–Crippen MR) is 343 cm³/mol. The summed E-state index contributed by atoms with van der Waals surface area (Å²) in [6.07, 6.45) is 31.9. The molecule has 7 aromatic rings. The van der Waals surface area contributed by atoms with E-state index in [1.807, 2.05) is 72.9 Å². The maximum Gasteiger partial charge on any atom is -0.0244 e. The molecule has 0 unspecified atom stereocenters. The maximum absolute atomic E-state index is 3.73. The first kappa shape index (κ1) is 65.0. The zero-order chi connectivity index (χ0) is 55.3. The highest BCUT2D eigenvalue weighted by Gasteiger charge is 1.93. The van der Waals surface area contributed by atoms with Crippen molar-refractivity contribution in [2.75, 3.05) is 0 Å². The van der Waals surface area contributed by atoms with Crippen molar-refractivity contribution in [3.05, 3.63) is 336 Å². The van der Waals surface area contributed by atoms with Crippen LogP contribution in [0.4, 0.5) is 0 Å². The lowest BCUT2D eigenvalue weighted by molar-refractivity contribution is 0.921. The van der Waals surface area contributed by atoms with E-state index in [0.29, 0.717) is 0 Å². The van der Waals surface area contributed by atoms with Crippen molar-refractivity contribution in [3.8, 4) is 0 Å². The number of rotatable bonds is 16. The average molecular weight is 990 g/mol. The van der Waals surface area contributed by atoms with Gasteiger partial charge in [-0.1, -0.05) is 349 Å². The largest absolute Gasteiger partial charge is 0.0991 e. The van der Waals surface area contributed by atoms with E-state index < -0.39 is 0 Å². The average Bonchev–Trinajstić information content (AvgIpc) is 3.43. The van der Waals surface area contributed by atoms with E-state index in [4.69, 9.17) is 0 Å². The fraction of sp³-hybridized carbons (Fsp3) is 0.173. The molecule has 0 radical (unpaired) electrons. The highest BCUT2D eigenvalue weighted by Crippen LogP contribution is 2.11. The Hall–Kier alpha value is -8.06. The van der Waals surface area contributed by atoms with Crippen molar-refractivity contribution >= 4 is 36.5 Å². The van der Waals surface area contributed by atoms with Crippen LogP contribution in [0, 0.1) is 34.6 Å². The molecule has 0 aromatic heterocycles. The van der Waals surface area contributed by atoms with Gasteiger partial charge >= 0.3 is 0 Å². The maximum atomic E-state index is 3.73. The van der Waals surface area contributed by atoms with E-state index >= 15 is 0 Å². The van der Waals surface area contributed by atoms with Gasteiger partial charge in [0.05, 0.1) is 0 Å². The standard InChI is InChI=1S/C13H16.2C11H12.2C11H14.2C9H10/c1-3-4-5-6-7-13-10-8-12(2)9-11-13;1-3-4-7-11-8-5-6-10(2)9-11;1-3-4-5-11-8-6-10(2)7-9-11;1-3-6-11-8-5-7-10(4-2)9-11;1-3-5-11-8-6-10(4-2)7-9-11;1-3-9-6-4-8(2)5-7-9;1-3-9-6-4-5-8(2)7-9/h3-5,8-11H,1,6-7H2,2H3;2*3-9H,1H2,2H3;4-5,7-9H,2-3,6H2,1H3;4,6-9H,2-3,5H2,1H3;2*3-7H,1H2,2H3/b5-4+;7-4+;5-4+;;;;. The molecule has 0 fully saturated rings. The molecule has 0 heterocycles. The topological polar surface area (TPSA) is 0 Å². The highest BCUT2D eigenvalue weighted by molar-refractivity contribution is 5.53. The summed E-state index contributed by atoms with van der Waals surface area (Å²) in [5.41, 5.74) is 17.9. The molecule has 0 atom stereocenters. The molecule has 0 N–H and O–H groups in total. The quantitative estimate of drug-likeness (QED) is 0.0847. The zero-order valence-corrected chi connectivity index (χ0v) is 46.9. The molecule has 0 saturated carbocycles. The van der Waals surface area contributed by atoms with Crippen LogP contribution in [0.2, 0.25) is 0 Å². The Labute approximate surface area is 457 Å². The third kappa shape index (κ3) is 33.3. The molecule has 0 amide bonds. The van der Waals surface area contributed by atoms with Crippen molar-refractivity contribution in [3.63, 3.8) is 0 Å². The van der Waals surface area contributed by atoms with Gasteiger partial charge in [-0.15, -0.1) is 0 Å². The van der Waals surface area contributed by atoms with Crippen molar-refractivity contribution < 1.29 is 0 Å². The van der Waals surface area contributed by atoms with Crippen LogP contribution < -0.4 is 0 Å². The van der Waals surface area contributed by atoms with Gasteiger partial charge in [0.15, 0.2) is 0 Å². The minimum Gasteiger partial charge on any atom is -0.0991 e. The lowest BCUT2D eigenvalue weighted by Crippen LogP contribution is -1.82. The molecule has 388 valence electrons. The molecule has 0 aliphatic carbocycles. The summed E-state index contributed by atoms with van der Waals surface area (Å²) in [6.45, 7) is 40.4. The molecule has 0 aliphatic heterocycles. The van der Waals surface area contributed by atoms with Crippen LogP contribution in [-0.4, -0.2) is 0 Å². The normalized spacial score (nSPS) is 9.80. The van der Waals surface area contributed by atoms with Gasteiger partial charge in [-0.3, -0.25) is 0 Å². The molecular formula is C75H88. The van der Waals surface area contributed by atoms with Gasteiger partial charge in [-0.2, -0.15) is 0 Å². The van der Waals surface area contributed by atoms with E-state index in [2.05, 4.69) is 258 Å². The lowest BCUT2D eigenvalue weighted by Gasteiger charge is -1.98. The fourth-order valence-corrected chi connectivity index (χ4v) is 6.78. The third-order valence-corrected chi connectivity index (χ3v) is 11.0. The van der Waals surface area contributed by atoms with Gasteiger partial charge in [-0.05, 0) is 110 Å². The Morgan fingerprint density at radius 2 is 0.667 bits per heavy atom. The Morgan fingerprint density at radius 3 is 1.11 bits per heavy atom. The molecule has 0 saturated heterocycles. The second kappa shape index (κ2) is 42.4. The SMILES string of the molecule is C=C/C=C/CCc1ccc(C)cc1.C=C/C=C/c1ccc(C)cc1.C=C/C=C/c1cccc(C)c1.C=Cc1ccc(C)cc1.C=Cc1ccc(CCC)cc1.C=Cc1cccc(C)c1.C=Cc1cccc(CCC)c1. The van der Waals surface area contributed by atoms with Crippen LogP contribution in [-0.2, 0) is 19.3 Å². The molecule has 0 nitrogen and oxygen atoms in total. The minimum absolute atomic E-state index is 1.09. The number of hydrogen-bond donors (Lipinski definition) is 0. The third-order valence-electron chi connectivity index (χ3n) is 11.0. The van der Waals surface area contributed by atoms with Crippen LogP contribution in [0.5, 0.6) is 0 Å². The number of benzene rings is 7. The lowest BCUT2D eigenvalue weighted by atomic mass is 10.1. The summed E-state index contributed by atoms with van der Waals surface area (Å²) in [6, 6.07) is 59.0. The monoisotopic (exact) mass is 989 g/mol. The number of aryl methyl sites for hydroxylation is 8. The van der Waals surface area contributed by atoms with Crippen molar-refractivity contribution in [2.45, 2.75) is 87.0 Å². The van der Waals surface area contributed by atoms with Gasteiger partial charge in [-0.25, -0.2) is 0 Å². The molecule has 0 aliphatic rings. The Balaban J connectivity index is 0.000000439. The first-order chi connectivity index (χ1) is 36.4. The summed E-state index contributed by atoms with van der Waals surface area (Å²) in [4.78, 5) is 0. The van der Waals surface area contributed by atoms with Crippen molar-refractivity contribution in [2.24, 2.45) is 0 Å². The molecule has 0 heteroatoms. The first-order valence-corrected chi connectivity index (χ1v) is 26.2. The van der Waals surface area contributed by atoms with Gasteiger partial charge in [0.1, 0.15) is 0 Å². The molecule has 7 rings (SSSR count). The summed E-state index contributed by atoms with van der Waals surface area (Å²) in [5.74, 6) is 0. The van der Waals surface area contributed by atoms with E-state index in [9.17, 15) is 0 Å². The second-order valence-electron chi connectivity index (χ2n) is 17.8. The number of allylic oxidation sites excluding steroid dienone is 7. The molecule has 7 aromatic carbocycles. The summed E-state index contributed by atoms with van der Waals surface area (Å²) in [7, 11) is 0. The van der Waals surface area contributed by atoms with Crippen LogP contribution >= 0.6 is 0 Å². The molecular weight excluding hydrogens is 901 g/mol. The summed E-state index contributed by atoms with van der Waals surface area (Å²) >= 11 is 0. The smallest absolute Gasteiger partial charge is 0.0244 e. The van der Waals surface area contributed by atoms with Crippen LogP contribution in [0.1, 0.15) is 111 Å². The van der Waals surface area contributed by atoms with Gasteiger partial charge < -0.3 is 0 Å². The Morgan fingerprint density at radius 1 is 0.307 bits per heavy atom. The second-order valence-corrected chi connectivity index (χ2v) is 17.8. The van der Waals surface area contributed by atoms with Crippen molar-refractivity contribution in [1.29, 1.82) is 0 Å². The number of hydrogen-bond acceptors (Lipinski definition) is 0. The Bertz CT molecular complexity index is 2750. The van der Waals surface area contributed by atoms with E-state index in [1.165, 1.54) is 104 Å². The molecule has 0 bridgehead atoms. The molecule has 75 heavy (non-hydrogen) atoms. The first-order valence-electron chi connectivity index (χ1n) is 26.2.